The number of halogens is 1. The van der Waals surface area contributed by atoms with Gasteiger partial charge in [0.15, 0.2) is 0 Å². The highest BCUT2D eigenvalue weighted by molar-refractivity contribution is 9.10. The summed E-state index contributed by atoms with van der Waals surface area (Å²) >= 11 is 3.35. The molecule has 0 unspecified atom stereocenters. The van der Waals surface area contributed by atoms with Crippen LogP contribution in [0.4, 0.5) is 0 Å². The molecule has 3 nitrogen and oxygen atoms in total. The summed E-state index contributed by atoms with van der Waals surface area (Å²) in [5.74, 6) is -0.311. The van der Waals surface area contributed by atoms with E-state index in [9.17, 15) is 4.79 Å². The summed E-state index contributed by atoms with van der Waals surface area (Å²) in [4.78, 5) is 11.1. The number of methoxy groups -OCH3 is 1. The zero-order valence-electron chi connectivity index (χ0n) is 8.50. The summed E-state index contributed by atoms with van der Waals surface area (Å²) in [6, 6.07) is 5.62. The van der Waals surface area contributed by atoms with E-state index in [4.69, 9.17) is 5.26 Å². The Morgan fingerprint density at radius 2 is 2.27 bits per heavy atom. The number of carbonyl (C=O) groups is 1. The molecule has 0 aliphatic carbocycles. The van der Waals surface area contributed by atoms with Crippen molar-refractivity contribution < 1.29 is 9.53 Å². The number of benzene rings is 1. The quantitative estimate of drug-likeness (QED) is 0.773. The van der Waals surface area contributed by atoms with Gasteiger partial charge >= 0.3 is 5.97 Å². The van der Waals surface area contributed by atoms with Crippen molar-refractivity contribution in [1.82, 2.24) is 0 Å². The summed E-state index contributed by atoms with van der Waals surface area (Å²) in [6.45, 7) is 1.85. The van der Waals surface area contributed by atoms with E-state index in [0.29, 0.717) is 5.56 Å². The Morgan fingerprint density at radius 1 is 1.60 bits per heavy atom. The summed E-state index contributed by atoms with van der Waals surface area (Å²) < 4.78 is 5.39. The third kappa shape index (κ3) is 2.80. The zero-order chi connectivity index (χ0) is 11.4. The molecule has 0 radical (unpaired) electrons. The minimum Gasteiger partial charge on any atom is -0.469 e. The van der Waals surface area contributed by atoms with Crippen molar-refractivity contribution in [2.24, 2.45) is 0 Å². The number of nitriles is 1. The fraction of sp³-hybridized carbons (Fsp3) is 0.273. The van der Waals surface area contributed by atoms with Gasteiger partial charge in [-0.3, -0.25) is 4.79 Å². The number of hydrogen-bond acceptors (Lipinski definition) is 3. The van der Waals surface area contributed by atoms with Gasteiger partial charge in [-0.1, -0.05) is 15.9 Å². The van der Waals surface area contributed by atoms with E-state index in [2.05, 4.69) is 26.7 Å². The average molecular weight is 268 g/mol. The highest BCUT2D eigenvalue weighted by Gasteiger charge is 2.08. The van der Waals surface area contributed by atoms with E-state index in [1.54, 1.807) is 6.07 Å². The summed E-state index contributed by atoms with van der Waals surface area (Å²) in [5.41, 5.74) is 2.23. The topological polar surface area (TPSA) is 50.1 Å². The first-order valence-electron chi connectivity index (χ1n) is 4.34. The molecule has 1 aromatic rings. The highest BCUT2D eigenvalue weighted by Crippen LogP contribution is 2.22. The molecule has 78 valence electrons. The lowest BCUT2D eigenvalue weighted by Gasteiger charge is -2.05. The SMILES string of the molecule is COC(=O)Cc1cc(Br)c(C)c(C#N)c1. The monoisotopic (exact) mass is 267 g/mol. The van der Waals surface area contributed by atoms with Crippen LogP contribution in [0.15, 0.2) is 16.6 Å². The smallest absolute Gasteiger partial charge is 0.309 e. The molecule has 0 aliphatic rings. The van der Waals surface area contributed by atoms with Crippen LogP contribution in [0.1, 0.15) is 16.7 Å². The van der Waals surface area contributed by atoms with Crippen LogP contribution in [0.5, 0.6) is 0 Å². The molecule has 4 heteroatoms. The molecule has 0 saturated carbocycles. The maximum atomic E-state index is 11.1. The van der Waals surface area contributed by atoms with Crippen LogP contribution in [0, 0.1) is 18.3 Å². The Kier molecular flexibility index (Phi) is 3.87. The second-order valence-electron chi connectivity index (χ2n) is 3.11. The number of esters is 1. The minimum absolute atomic E-state index is 0.185. The highest BCUT2D eigenvalue weighted by atomic mass is 79.9. The first-order valence-corrected chi connectivity index (χ1v) is 5.13. The van der Waals surface area contributed by atoms with E-state index in [1.165, 1.54) is 7.11 Å². The van der Waals surface area contributed by atoms with Crippen molar-refractivity contribution in [1.29, 1.82) is 5.26 Å². The molecule has 0 bridgehead atoms. The lowest BCUT2D eigenvalue weighted by Crippen LogP contribution is -2.05. The van der Waals surface area contributed by atoms with Crippen LogP contribution in [0.3, 0.4) is 0 Å². The van der Waals surface area contributed by atoms with Crippen LogP contribution in [-0.2, 0) is 16.0 Å². The Labute approximate surface area is 96.8 Å². The Morgan fingerprint density at radius 3 is 2.80 bits per heavy atom. The normalized spacial score (nSPS) is 9.47. The number of rotatable bonds is 2. The second-order valence-corrected chi connectivity index (χ2v) is 3.97. The molecule has 0 heterocycles. The fourth-order valence-electron chi connectivity index (χ4n) is 1.19. The van der Waals surface area contributed by atoms with Gasteiger partial charge in [0, 0.05) is 4.47 Å². The molecule has 0 fully saturated rings. The lowest BCUT2D eigenvalue weighted by atomic mass is 10.0. The van der Waals surface area contributed by atoms with Crippen LogP contribution in [-0.4, -0.2) is 13.1 Å². The van der Waals surface area contributed by atoms with E-state index in [-0.39, 0.29) is 12.4 Å². The first kappa shape index (κ1) is 11.7. The van der Waals surface area contributed by atoms with Crippen LogP contribution in [0.25, 0.3) is 0 Å². The van der Waals surface area contributed by atoms with E-state index in [1.807, 2.05) is 13.0 Å². The number of hydrogen-bond donors (Lipinski definition) is 0. The Bertz CT molecular complexity index is 435. The minimum atomic E-state index is -0.311. The van der Waals surface area contributed by atoms with Gasteiger partial charge < -0.3 is 4.74 Å². The van der Waals surface area contributed by atoms with Gasteiger partial charge in [-0.05, 0) is 30.2 Å². The molecule has 1 rings (SSSR count). The molecule has 1 aromatic carbocycles. The summed E-state index contributed by atoms with van der Waals surface area (Å²) in [6.07, 6.45) is 0.185. The lowest BCUT2D eigenvalue weighted by molar-refractivity contribution is -0.139. The maximum Gasteiger partial charge on any atom is 0.309 e. The third-order valence-corrected chi connectivity index (χ3v) is 2.92. The molecule has 15 heavy (non-hydrogen) atoms. The molecule has 0 spiro atoms. The number of carbonyl (C=O) groups excluding carboxylic acids is 1. The van der Waals surface area contributed by atoms with Gasteiger partial charge in [0.25, 0.3) is 0 Å². The van der Waals surface area contributed by atoms with Gasteiger partial charge in [-0.25, -0.2) is 0 Å². The van der Waals surface area contributed by atoms with Crippen LogP contribution < -0.4 is 0 Å². The van der Waals surface area contributed by atoms with Crippen LogP contribution >= 0.6 is 15.9 Å². The van der Waals surface area contributed by atoms with Gasteiger partial charge in [0.1, 0.15) is 0 Å². The van der Waals surface area contributed by atoms with Crippen LogP contribution in [0.2, 0.25) is 0 Å². The molecule has 0 saturated heterocycles. The van der Waals surface area contributed by atoms with Crippen molar-refractivity contribution in [2.75, 3.05) is 7.11 Å². The number of nitrogens with zero attached hydrogens (tertiary/aromatic N) is 1. The van der Waals surface area contributed by atoms with Gasteiger partial charge in [0.2, 0.25) is 0 Å². The van der Waals surface area contributed by atoms with E-state index < -0.39 is 0 Å². The van der Waals surface area contributed by atoms with Gasteiger partial charge in [-0.2, -0.15) is 5.26 Å². The fourth-order valence-corrected chi connectivity index (χ4v) is 1.70. The molecular formula is C11H10BrNO2. The first-order chi connectivity index (χ1) is 7.08. The molecule has 0 atom stereocenters. The predicted molar refractivity (Wildman–Crippen MR) is 59.3 cm³/mol. The molecule has 0 N–H and O–H groups in total. The predicted octanol–water partition coefficient (Wildman–Crippen LogP) is 2.34. The standard InChI is InChI=1S/C11H10BrNO2/c1-7-9(6-13)3-8(4-10(7)12)5-11(14)15-2/h3-4H,5H2,1-2H3. The van der Waals surface area contributed by atoms with Gasteiger partial charge in [0.05, 0.1) is 25.2 Å². The largest absolute Gasteiger partial charge is 0.469 e. The second kappa shape index (κ2) is 4.94. The van der Waals surface area contributed by atoms with E-state index in [0.717, 1.165) is 15.6 Å². The van der Waals surface area contributed by atoms with Crippen molar-refractivity contribution in [3.63, 3.8) is 0 Å². The van der Waals surface area contributed by atoms with Crippen molar-refractivity contribution in [3.8, 4) is 6.07 Å². The van der Waals surface area contributed by atoms with E-state index >= 15 is 0 Å². The summed E-state index contributed by atoms with van der Waals surface area (Å²) in [7, 11) is 1.34. The molecule has 0 aliphatic heterocycles. The molecule has 0 amide bonds. The third-order valence-electron chi connectivity index (χ3n) is 2.10. The van der Waals surface area contributed by atoms with Gasteiger partial charge in [-0.15, -0.1) is 0 Å². The molecule has 0 aromatic heterocycles. The van der Waals surface area contributed by atoms with Crippen molar-refractivity contribution in [2.45, 2.75) is 13.3 Å². The maximum absolute atomic E-state index is 11.1. The van der Waals surface area contributed by atoms with Crippen molar-refractivity contribution >= 4 is 21.9 Å². The summed E-state index contributed by atoms with van der Waals surface area (Å²) in [5, 5.41) is 8.87. The zero-order valence-corrected chi connectivity index (χ0v) is 10.1. The van der Waals surface area contributed by atoms with Crippen molar-refractivity contribution in [3.05, 3.63) is 33.3 Å². The Balaban J connectivity index is 3.07. The number of ether oxygens (including phenoxy) is 1. The Hall–Kier alpha value is -1.34. The average Bonchev–Trinajstić information content (AvgIpc) is 2.22. The molecular weight excluding hydrogens is 258 g/mol.